The first-order valence-electron chi connectivity index (χ1n) is 7.08. The summed E-state index contributed by atoms with van der Waals surface area (Å²) in [6.45, 7) is 4.75. The summed E-state index contributed by atoms with van der Waals surface area (Å²) in [6, 6.07) is 5.98. The number of hydrogen-bond donors (Lipinski definition) is 2. The molecule has 1 saturated heterocycles. The average molecular weight is 296 g/mol. The third-order valence-electron chi connectivity index (χ3n) is 3.97. The van der Waals surface area contributed by atoms with Crippen LogP contribution in [0.15, 0.2) is 18.2 Å². The second-order valence-corrected chi connectivity index (χ2v) is 6.00. The molecule has 1 aromatic carbocycles. The summed E-state index contributed by atoms with van der Waals surface area (Å²) in [5.41, 5.74) is 6.88. The highest BCUT2D eigenvalue weighted by atomic mass is 35.5. The van der Waals surface area contributed by atoms with Crippen LogP contribution in [0.2, 0.25) is 5.02 Å². The molecule has 2 unspecified atom stereocenters. The molecular formula is C15H22ClN3O. The second kappa shape index (κ2) is 6.46. The lowest BCUT2D eigenvalue weighted by atomic mass is 9.97. The average Bonchev–Trinajstić information content (AvgIpc) is 2.38. The van der Waals surface area contributed by atoms with Crippen molar-refractivity contribution >= 4 is 28.9 Å². The number of nitrogens with one attached hydrogen (secondary N) is 1. The molecule has 4 nitrogen and oxygen atoms in total. The first kappa shape index (κ1) is 15.1. The molecule has 3 N–H and O–H groups in total. The standard InChI is InChI=1S/C15H22ClN3O/c1-10-4-3-5-11(2)19(10)9-15(20)18-14-8-12(17)6-7-13(14)16/h6-8,10-11H,3-5,9,17H2,1-2H3,(H,18,20). The van der Waals surface area contributed by atoms with Gasteiger partial charge in [0.25, 0.3) is 0 Å². The molecule has 0 spiro atoms. The van der Waals surface area contributed by atoms with Crippen LogP contribution < -0.4 is 11.1 Å². The Morgan fingerprint density at radius 1 is 1.40 bits per heavy atom. The van der Waals surface area contributed by atoms with Crippen LogP contribution in [0.25, 0.3) is 0 Å². The van der Waals surface area contributed by atoms with E-state index in [1.807, 2.05) is 0 Å². The Balaban J connectivity index is 1.99. The van der Waals surface area contributed by atoms with Gasteiger partial charge < -0.3 is 11.1 Å². The summed E-state index contributed by atoms with van der Waals surface area (Å²) < 4.78 is 0. The van der Waals surface area contributed by atoms with Gasteiger partial charge in [-0.25, -0.2) is 0 Å². The van der Waals surface area contributed by atoms with Gasteiger partial charge in [-0.05, 0) is 44.9 Å². The van der Waals surface area contributed by atoms with Gasteiger partial charge in [0.1, 0.15) is 0 Å². The number of anilines is 2. The maximum Gasteiger partial charge on any atom is 0.238 e. The van der Waals surface area contributed by atoms with Crippen LogP contribution in [0.3, 0.4) is 0 Å². The third-order valence-corrected chi connectivity index (χ3v) is 4.30. The number of carbonyl (C=O) groups is 1. The predicted octanol–water partition coefficient (Wildman–Crippen LogP) is 3.12. The zero-order chi connectivity index (χ0) is 14.7. The normalized spacial score (nSPS) is 23.6. The van der Waals surface area contributed by atoms with Gasteiger partial charge in [0.05, 0.1) is 17.3 Å². The molecule has 20 heavy (non-hydrogen) atoms. The molecule has 0 aromatic heterocycles. The van der Waals surface area contributed by atoms with Gasteiger partial charge in [-0.3, -0.25) is 9.69 Å². The Morgan fingerprint density at radius 2 is 2.05 bits per heavy atom. The Morgan fingerprint density at radius 3 is 2.70 bits per heavy atom. The summed E-state index contributed by atoms with van der Waals surface area (Å²) in [6.07, 6.45) is 3.54. The van der Waals surface area contributed by atoms with E-state index in [0.29, 0.717) is 35.0 Å². The van der Waals surface area contributed by atoms with Crippen LogP contribution in [0, 0.1) is 0 Å². The number of benzene rings is 1. The molecule has 1 aliphatic heterocycles. The highest BCUT2D eigenvalue weighted by Crippen LogP contribution is 2.25. The smallest absolute Gasteiger partial charge is 0.238 e. The highest BCUT2D eigenvalue weighted by Gasteiger charge is 2.26. The van der Waals surface area contributed by atoms with Crippen molar-refractivity contribution in [1.29, 1.82) is 0 Å². The van der Waals surface area contributed by atoms with Crippen molar-refractivity contribution in [2.45, 2.75) is 45.2 Å². The zero-order valence-electron chi connectivity index (χ0n) is 12.0. The van der Waals surface area contributed by atoms with E-state index in [0.717, 1.165) is 12.8 Å². The highest BCUT2D eigenvalue weighted by molar-refractivity contribution is 6.33. The minimum atomic E-state index is -0.0434. The fourth-order valence-electron chi connectivity index (χ4n) is 2.78. The van der Waals surface area contributed by atoms with Crippen molar-refractivity contribution in [3.63, 3.8) is 0 Å². The molecule has 1 heterocycles. The number of likely N-dealkylation sites (tertiary alicyclic amines) is 1. The Kier molecular flexibility index (Phi) is 4.89. The maximum absolute atomic E-state index is 12.2. The predicted molar refractivity (Wildman–Crippen MR) is 84.0 cm³/mol. The molecule has 2 atom stereocenters. The van der Waals surface area contributed by atoms with Crippen molar-refractivity contribution in [2.24, 2.45) is 0 Å². The number of nitrogens with zero attached hydrogens (tertiary/aromatic N) is 1. The van der Waals surface area contributed by atoms with Crippen LogP contribution in [-0.2, 0) is 4.79 Å². The van der Waals surface area contributed by atoms with E-state index < -0.39 is 0 Å². The molecule has 1 fully saturated rings. The monoisotopic (exact) mass is 295 g/mol. The zero-order valence-corrected chi connectivity index (χ0v) is 12.8. The number of halogens is 1. The van der Waals surface area contributed by atoms with Gasteiger partial charge in [0, 0.05) is 17.8 Å². The van der Waals surface area contributed by atoms with Gasteiger partial charge in [-0.1, -0.05) is 18.0 Å². The molecule has 1 amide bonds. The van der Waals surface area contributed by atoms with E-state index >= 15 is 0 Å². The second-order valence-electron chi connectivity index (χ2n) is 5.59. The lowest BCUT2D eigenvalue weighted by molar-refractivity contribution is -0.118. The molecule has 2 rings (SSSR count). The summed E-state index contributed by atoms with van der Waals surface area (Å²) in [5.74, 6) is -0.0434. The van der Waals surface area contributed by atoms with Crippen molar-refractivity contribution < 1.29 is 4.79 Å². The van der Waals surface area contributed by atoms with Gasteiger partial charge in [0.15, 0.2) is 0 Å². The van der Waals surface area contributed by atoms with Gasteiger partial charge in [0.2, 0.25) is 5.91 Å². The summed E-state index contributed by atoms with van der Waals surface area (Å²) in [5, 5.41) is 3.35. The van der Waals surface area contributed by atoms with Crippen molar-refractivity contribution in [3.8, 4) is 0 Å². The maximum atomic E-state index is 12.2. The number of piperidine rings is 1. The molecule has 110 valence electrons. The fourth-order valence-corrected chi connectivity index (χ4v) is 2.95. The largest absolute Gasteiger partial charge is 0.399 e. The van der Waals surface area contributed by atoms with Crippen LogP contribution >= 0.6 is 11.6 Å². The van der Waals surface area contributed by atoms with E-state index in [1.54, 1.807) is 18.2 Å². The van der Waals surface area contributed by atoms with Crippen molar-refractivity contribution in [1.82, 2.24) is 4.90 Å². The van der Waals surface area contributed by atoms with Gasteiger partial charge in [-0.2, -0.15) is 0 Å². The third kappa shape index (κ3) is 3.64. The fraction of sp³-hybridized carbons (Fsp3) is 0.533. The molecule has 5 heteroatoms. The van der Waals surface area contributed by atoms with Crippen LogP contribution in [-0.4, -0.2) is 29.4 Å². The summed E-state index contributed by atoms with van der Waals surface area (Å²) in [4.78, 5) is 14.4. The van der Waals surface area contributed by atoms with Crippen LogP contribution in [0.4, 0.5) is 11.4 Å². The molecule has 1 aliphatic rings. The van der Waals surface area contributed by atoms with Crippen molar-refractivity contribution in [2.75, 3.05) is 17.6 Å². The quantitative estimate of drug-likeness (QED) is 0.842. The van der Waals surface area contributed by atoms with E-state index in [-0.39, 0.29) is 5.91 Å². The van der Waals surface area contributed by atoms with E-state index in [9.17, 15) is 4.79 Å². The van der Waals surface area contributed by atoms with E-state index in [4.69, 9.17) is 17.3 Å². The number of nitrogens with two attached hydrogens (primary N) is 1. The Bertz CT molecular complexity index is 482. The number of rotatable bonds is 3. The Hall–Kier alpha value is -1.26. The topological polar surface area (TPSA) is 58.4 Å². The molecular weight excluding hydrogens is 274 g/mol. The van der Waals surface area contributed by atoms with E-state index in [1.165, 1.54) is 6.42 Å². The number of nitrogen functional groups attached to an aromatic ring is 1. The summed E-state index contributed by atoms with van der Waals surface area (Å²) >= 11 is 6.06. The molecule has 0 radical (unpaired) electrons. The molecule has 0 aliphatic carbocycles. The number of hydrogen-bond acceptors (Lipinski definition) is 3. The van der Waals surface area contributed by atoms with Crippen molar-refractivity contribution in [3.05, 3.63) is 23.2 Å². The first-order valence-corrected chi connectivity index (χ1v) is 7.46. The van der Waals surface area contributed by atoms with Crippen LogP contribution in [0.1, 0.15) is 33.1 Å². The summed E-state index contributed by atoms with van der Waals surface area (Å²) in [7, 11) is 0. The lowest BCUT2D eigenvalue weighted by Gasteiger charge is -2.38. The molecule has 0 bridgehead atoms. The van der Waals surface area contributed by atoms with Crippen LogP contribution in [0.5, 0.6) is 0 Å². The minimum absolute atomic E-state index is 0.0434. The lowest BCUT2D eigenvalue weighted by Crippen LogP contribution is -2.47. The van der Waals surface area contributed by atoms with Gasteiger partial charge >= 0.3 is 0 Å². The van der Waals surface area contributed by atoms with Gasteiger partial charge in [-0.15, -0.1) is 0 Å². The SMILES string of the molecule is CC1CCCC(C)N1CC(=O)Nc1cc(N)ccc1Cl. The number of carbonyl (C=O) groups excluding carboxylic acids is 1. The molecule has 0 saturated carbocycles. The minimum Gasteiger partial charge on any atom is -0.399 e. The molecule has 1 aromatic rings. The number of amides is 1. The Labute approximate surface area is 125 Å². The first-order chi connectivity index (χ1) is 9.47. The van der Waals surface area contributed by atoms with E-state index in [2.05, 4.69) is 24.1 Å².